The molecule has 0 aromatic heterocycles. The Morgan fingerprint density at radius 1 is 0.676 bits per heavy atom. The van der Waals surface area contributed by atoms with Crippen LogP contribution in [-0.4, -0.2) is 54.2 Å². The monoisotopic (exact) mass is 530 g/mol. The summed E-state index contributed by atoms with van der Waals surface area (Å²) in [5, 5.41) is 19.7. The van der Waals surface area contributed by atoms with Gasteiger partial charge in [0.2, 0.25) is 0 Å². The molecule has 0 saturated heterocycles. The first kappa shape index (κ1) is 35.3. The van der Waals surface area contributed by atoms with Crippen molar-refractivity contribution < 1.29 is 38.8 Å². The van der Waals surface area contributed by atoms with Crippen molar-refractivity contribution in [3.8, 4) is 0 Å². The van der Waals surface area contributed by atoms with E-state index in [1.807, 2.05) is 0 Å². The Balaban J connectivity index is 3.69. The van der Waals surface area contributed by atoms with Gasteiger partial charge in [-0.25, -0.2) is 0 Å². The lowest BCUT2D eigenvalue weighted by Gasteiger charge is -2.25. The normalized spacial score (nSPS) is 12.6. The van der Waals surface area contributed by atoms with Crippen molar-refractivity contribution in [2.24, 2.45) is 0 Å². The fourth-order valence-corrected chi connectivity index (χ4v) is 4.13. The van der Waals surface area contributed by atoms with E-state index < -0.39 is 30.9 Å². The second kappa shape index (κ2) is 26.0. The van der Waals surface area contributed by atoms with Gasteiger partial charge >= 0.3 is 11.9 Å². The van der Waals surface area contributed by atoms with E-state index in [9.17, 15) is 24.6 Å². The van der Waals surface area contributed by atoms with E-state index in [1.54, 1.807) is 0 Å². The third kappa shape index (κ3) is 24.4. The molecule has 0 aliphatic rings. The van der Waals surface area contributed by atoms with Crippen molar-refractivity contribution >= 4 is 18.4 Å². The summed E-state index contributed by atoms with van der Waals surface area (Å²) in [6.07, 6.45) is 21.5. The highest BCUT2D eigenvalue weighted by atomic mass is 16.7. The summed E-state index contributed by atoms with van der Waals surface area (Å²) >= 11 is 0. The summed E-state index contributed by atoms with van der Waals surface area (Å²) in [6.45, 7) is 1.64. The van der Waals surface area contributed by atoms with Crippen LogP contribution in [0.5, 0.6) is 0 Å². The zero-order chi connectivity index (χ0) is 27.5. The molecule has 0 heterocycles. The zero-order valence-corrected chi connectivity index (χ0v) is 23.4. The lowest BCUT2D eigenvalue weighted by atomic mass is 10.0. The minimum atomic E-state index is -2.21. The van der Waals surface area contributed by atoms with Crippen LogP contribution in [0.25, 0.3) is 0 Å². The van der Waals surface area contributed by atoms with E-state index in [2.05, 4.69) is 11.7 Å². The standard InChI is InChI=1S/C29H54O8/c1-2-3-4-5-6-7-8-9-10-11-12-13-15-18-21-27(32)36-25-29(34,24-30)37-28(33)22-19-16-14-17-20-23-35-26-31/h26,30,34H,2-25H2,1H3/t29-/m0/s1. The Hall–Kier alpha value is -1.67. The molecule has 0 amide bonds. The minimum absolute atomic E-state index is 0.0974. The molecule has 0 rings (SSSR count). The van der Waals surface area contributed by atoms with Crippen LogP contribution in [0.3, 0.4) is 0 Å². The number of unbranched alkanes of at least 4 members (excludes halogenated alkanes) is 17. The van der Waals surface area contributed by atoms with Gasteiger partial charge in [-0.1, -0.05) is 110 Å². The predicted molar refractivity (Wildman–Crippen MR) is 144 cm³/mol. The highest BCUT2D eigenvalue weighted by molar-refractivity contribution is 5.70. The predicted octanol–water partition coefficient (Wildman–Crippen LogP) is 6.14. The van der Waals surface area contributed by atoms with Gasteiger partial charge in [0.15, 0.2) is 6.61 Å². The molecule has 37 heavy (non-hydrogen) atoms. The fraction of sp³-hybridized carbons (Fsp3) is 0.897. The number of hydrogen-bond donors (Lipinski definition) is 2. The summed E-state index contributed by atoms with van der Waals surface area (Å²) in [5.74, 6) is -3.33. The molecular formula is C29H54O8. The third-order valence-corrected chi connectivity index (χ3v) is 6.46. The smallest absolute Gasteiger partial charge is 0.308 e. The van der Waals surface area contributed by atoms with Gasteiger partial charge in [-0.15, -0.1) is 0 Å². The summed E-state index contributed by atoms with van der Waals surface area (Å²) in [5.41, 5.74) is 0. The van der Waals surface area contributed by atoms with Gasteiger partial charge in [0.25, 0.3) is 12.3 Å². The number of rotatable bonds is 28. The first-order valence-electron chi connectivity index (χ1n) is 14.7. The van der Waals surface area contributed by atoms with Crippen LogP contribution in [0.4, 0.5) is 0 Å². The minimum Gasteiger partial charge on any atom is -0.468 e. The van der Waals surface area contributed by atoms with Gasteiger partial charge in [-0.05, 0) is 19.3 Å². The van der Waals surface area contributed by atoms with Crippen molar-refractivity contribution in [3.63, 3.8) is 0 Å². The summed E-state index contributed by atoms with van der Waals surface area (Å²) < 4.78 is 14.6. The Labute approximate surface area is 224 Å². The van der Waals surface area contributed by atoms with Gasteiger partial charge < -0.3 is 24.4 Å². The Morgan fingerprint density at radius 3 is 1.57 bits per heavy atom. The molecule has 0 aliphatic carbocycles. The number of carbonyl (C=O) groups excluding carboxylic acids is 3. The first-order valence-corrected chi connectivity index (χ1v) is 14.7. The van der Waals surface area contributed by atoms with Crippen molar-refractivity contribution in [2.75, 3.05) is 19.8 Å². The van der Waals surface area contributed by atoms with Crippen LogP contribution >= 0.6 is 0 Å². The van der Waals surface area contributed by atoms with E-state index in [4.69, 9.17) is 9.47 Å². The molecule has 8 heteroatoms. The van der Waals surface area contributed by atoms with E-state index in [0.29, 0.717) is 19.5 Å². The van der Waals surface area contributed by atoms with Crippen molar-refractivity contribution in [2.45, 2.75) is 148 Å². The molecule has 0 saturated carbocycles. The van der Waals surface area contributed by atoms with Crippen LogP contribution in [0.15, 0.2) is 0 Å². The van der Waals surface area contributed by atoms with E-state index in [0.717, 1.165) is 44.9 Å². The number of aliphatic hydroxyl groups is 2. The molecule has 0 aromatic carbocycles. The maximum Gasteiger partial charge on any atom is 0.308 e. The Morgan fingerprint density at radius 2 is 1.11 bits per heavy atom. The van der Waals surface area contributed by atoms with Crippen molar-refractivity contribution in [1.82, 2.24) is 0 Å². The van der Waals surface area contributed by atoms with Crippen molar-refractivity contribution in [1.29, 1.82) is 0 Å². The average Bonchev–Trinajstić information content (AvgIpc) is 2.89. The summed E-state index contributed by atoms with van der Waals surface area (Å²) in [7, 11) is 0. The molecule has 0 spiro atoms. The summed E-state index contributed by atoms with van der Waals surface area (Å²) in [6, 6.07) is 0. The molecule has 0 aromatic rings. The molecule has 8 nitrogen and oxygen atoms in total. The lowest BCUT2D eigenvalue weighted by Crippen LogP contribution is -2.44. The Kier molecular flexibility index (Phi) is 24.8. The van der Waals surface area contributed by atoms with Gasteiger partial charge in [0.05, 0.1) is 6.61 Å². The molecule has 2 N–H and O–H groups in total. The second-order valence-corrected chi connectivity index (χ2v) is 10.1. The third-order valence-electron chi connectivity index (χ3n) is 6.46. The van der Waals surface area contributed by atoms with E-state index in [-0.39, 0.29) is 12.8 Å². The molecule has 0 aliphatic heterocycles. The number of ether oxygens (including phenoxy) is 3. The van der Waals surface area contributed by atoms with E-state index in [1.165, 1.54) is 70.6 Å². The Bertz CT molecular complexity index is 554. The fourth-order valence-electron chi connectivity index (χ4n) is 4.13. The molecule has 218 valence electrons. The van der Waals surface area contributed by atoms with E-state index >= 15 is 0 Å². The van der Waals surface area contributed by atoms with Crippen molar-refractivity contribution in [3.05, 3.63) is 0 Å². The molecule has 0 unspecified atom stereocenters. The maximum absolute atomic E-state index is 12.0. The van der Waals surface area contributed by atoms with Gasteiger partial charge in [-0.2, -0.15) is 0 Å². The molecule has 0 fully saturated rings. The van der Waals surface area contributed by atoms with Gasteiger partial charge in [-0.3, -0.25) is 14.4 Å². The molecular weight excluding hydrogens is 476 g/mol. The highest BCUT2D eigenvalue weighted by Crippen LogP contribution is 2.15. The average molecular weight is 531 g/mol. The number of hydrogen-bond acceptors (Lipinski definition) is 8. The van der Waals surface area contributed by atoms with Gasteiger partial charge in [0, 0.05) is 12.8 Å². The number of esters is 2. The topological polar surface area (TPSA) is 119 Å². The van der Waals surface area contributed by atoms with Crippen LogP contribution in [-0.2, 0) is 28.6 Å². The zero-order valence-electron chi connectivity index (χ0n) is 23.4. The molecule has 0 bridgehead atoms. The highest BCUT2D eigenvalue weighted by Gasteiger charge is 2.32. The lowest BCUT2D eigenvalue weighted by molar-refractivity contribution is -0.241. The van der Waals surface area contributed by atoms with Crippen LogP contribution in [0, 0.1) is 0 Å². The van der Waals surface area contributed by atoms with Crippen LogP contribution in [0.2, 0.25) is 0 Å². The molecule has 1 atom stereocenters. The summed E-state index contributed by atoms with van der Waals surface area (Å²) in [4.78, 5) is 34.0. The SMILES string of the molecule is CCCCCCCCCCCCCCCCC(=O)OC[C@](O)(CO)OC(=O)CCCCCCCOC=O. The first-order chi connectivity index (χ1) is 18.0. The largest absolute Gasteiger partial charge is 0.468 e. The maximum atomic E-state index is 12.0. The van der Waals surface area contributed by atoms with Gasteiger partial charge in [0.1, 0.15) is 6.61 Å². The second-order valence-electron chi connectivity index (χ2n) is 10.1. The molecule has 0 radical (unpaired) electrons. The van der Waals surface area contributed by atoms with Crippen LogP contribution < -0.4 is 0 Å². The van der Waals surface area contributed by atoms with Crippen LogP contribution in [0.1, 0.15) is 142 Å². The quantitative estimate of drug-likeness (QED) is 0.0407. The number of carbonyl (C=O) groups is 3. The number of aliphatic hydroxyl groups excluding tert-OH is 1.